The van der Waals surface area contributed by atoms with Crippen LogP contribution in [0.1, 0.15) is 5.56 Å². The van der Waals surface area contributed by atoms with Crippen molar-refractivity contribution in [1.82, 2.24) is 14.9 Å². The highest BCUT2D eigenvalue weighted by Crippen LogP contribution is 2.30. The first-order valence-corrected chi connectivity index (χ1v) is 8.68. The van der Waals surface area contributed by atoms with E-state index in [1.54, 1.807) is 7.11 Å². The maximum atomic E-state index is 6.16. The van der Waals surface area contributed by atoms with Gasteiger partial charge in [0.25, 0.3) is 0 Å². The SMILES string of the molecule is COc1ccccc1CSc1nnc(-c2ccccc2Br)n1N. The van der Waals surface area contributed by atoms with Crippen LogP contribution in [-0.2, 0) is 5.75 Å². The normalized spacial score (nSPS) is 10.7. The number of nitrogens with zero attached hydrogens (tertiary/aromatic N) is 3. The Morgan fingerprint density at radius 1 is 1.13 bits per heavy atom. The standard InChI is InChI=1S/C16H15BrN4OS/c1-22-14-9-5-2-6-11(14)10-23-16-20-19-15(21(16)18)12-7-3-4-8-13(12)17/h2-9H,10,18H2,1H3. The molecule has 2 N–H and O–H groups in total. The Hall–Kier alpha value is -1.99. The average molecular weight is 391 g/mol. The first kappa shape index (κ1) is 15.9. The van der Waals surface area contributed by atoms with Gasteiger partial charge in [0, 0.05) is 21.4 Å². The van der Waals surface area contributed by atoms with E-state index in [0.717, 1.165) is 21.3 Å². The van der Waals surface area contributed by atoms with Crippen LogP contribution < -0.4 is 10.6 Å². The minimum Gasteiger partial charge on any atom is -0.496 e. The second-order valence-electron chi connectivity index (χ2n) is 4.76. The summed E-state index contributed by atoms with van der Waals surface area (Å²) in [5, 5.41) is 9.05. The zero-order valence-corrected chi connectivity index (χ0v) is 14.8. The molecule has 0 spiro atoms. The van der Waals surface area contributed by atoms with Crippen LogP contribution >= 0.6 is 27.7 Å². The topological polar surface area (TPSA) is 66.0 Å². The lowest BCUT2D eigenvalue weighted by atomic mass is 10.2. The number of nitrogens with two attached hydrogens (primary N) is 1. The summed E-state index contributed by atoms with van der Waals surface area (Å²) >= 11 is 5.03. The number of nitrogen functional groups attached to an aromatic ring is 1. The fourth-order valence-electron chi connectivity index (χ4n) is 2.17. The van der Waals surface area contributed by atoms with Crippen molar-refractivity contribution in [2.45, 2.75) is 10.9 Å². The Balaban J connectivity index is 1.82. The van der Waals surface area contributed by atoms with Gasteiger partial charge in [0.1, 0.15) is 5.75 Å². The minimum absolute atomic E-state index is 0.625. The molecule has 0 saturated carbocycles. The number of hydrogen-bond acceptors (Lipinski definition) is 5. The van der Waals surface area contributed by atoms with Crippen LogP contribution in [0.5, 0.6) is 5.75 Å². The number of para-hydroxylation sites is 1. The largest absolute Gasteiger partial charge is 0.496 e. The summed E-state index contributed by atoms with van der Waals surface area (Å²) in [6.07, 6.45) is 0. The molecule has 0 fully saturated rings. The molecule has 0 saturated heterocycles. The van der Waals surface area contributed by atoms with Gasteiger partial charge in [0.05, 0.1) is 7.11 Å². The zero-order chi connectivity index (χ0) is 16.2. The van der Waals surface area contributed by atoms with Gasteiger partial charge in [-0.1, -0.05) is 58.0 Å². The molecule has 0 amide bonds. The van der Waals surface area contributed by atoms with Gasteiger partial charge in [-0.2, -0.15) is 0 Å². The quantitative estimate of drug-likeness (QED) is 0.531. The van der Waals surface area contributed by atoms with Crippen LogP contribution in [0.4, 0.5) is 0 Å². The second-order valence-corrected chi connectivity index (χ2v) is 6.55. The Morgan fingerprint density at radius 3 is 2.65 bits per heavy atom. The zero-order valence-electron chi connectivity index (χ0n) is 12.4. The molecule has 1 heterocycles. The number of aromatic nitrogens is 3. The second kappa shape index (κ2) is 7.06. The molecule has 0 unspecified atom stereocenters. The van der Waals surface area contributed by atoms with E-state index in [1.165, 1.54) is 16.4 Å². The van der Waals surface area contributed by atoms with Crippen molar-refractivity contribution in [3.05, 3.63) is 58.6 Å². The molecule has 2 aromatic carbocycles. The number of thioether (sulfide) groups is 1. The van der Waals surface area contributed by atoms with Gasteiger partial charge in [-0.05, 0) is 18.2 Å². The lowest BCUT2D eigenvalue weighted by molar-refractivity contribution is 0.411. The van der Waals surface area contributed by atoms with E-state index in [2.05, 4.69) is 26.1 Å². The Labute approximate surface area is 147 Å². The molecule has 23 heavy (non-hydrogen) atoms. The number of benzene rings is 2. The fourth-order valence-corrected chi connectivity index (χ4v) is 3.48. The molecule has 0 aliphatic heterocycles. The van der Waals surface area contributed by atoms with Crippen molar-refractivity contribution >= 4 is 27.7 Å². The van der Waals surface area contributed by atoms with Gasteiger partial charge < -0.3 is 10.6 Å². The highest BCUT2D eigenvalue weighted by atomic mass is 79.9. The smallest absolute Gasteiger partial charge is 0.210 e. The van der Waals surface area contributed by atoms with Crippen LogP contribution in [0, 0.1) is 0 Å². The molecule has 118 valence electrons. The third-order valence-corrected chi connectivity index (χ3v) is 5.01. The number of rotatable bonds is 5. The third-order valence-electron chi connectivity index (χ3n) is 3.33. The van der Waals surface area contributed by atoms with E-state index in [9.17, 15) is 0 Å². The van der Waals surface area contributed by atoms with E-state index < -0.39 is 0 Å². The van der Waals surface area contributed by atoms with Gasteiger partial charge in [0.15, 0.2) is 5.82 Å². The van der Waals surface area contributed by atoms with Gasteiger partial charge in [-0.15, -0.1) is 10.2 Å². The molecule has 5 nitrogen and oxygen atoms in total. The highest BCUT2D eigenvalue weighted by Gasteiger charge is 2.14. The Morgan fingerprint density at radius 2 is 1.87 bits per heavy atom. The summed E-state index contributed by atoms with van der Waals surface area (Å²) in [7, 11) is 1.67. The molecule has 0 aliphatic carbocycles. The summed E-state index contributed by atoms with van der Waals surface area (Å²) < 4.78 is 7.81. The van der Waals surface area contributed by atoms with Crippen LogP contribution in [0.2, 0.25) is 0 Å². The van der Waals surface area contributed by atoms with Crippen LogP contribution in [0.25, 0.3) is 11.4 Å². The van der Waals surface area contributed by atoms with Crippen molar-refractivity contribution in [3.63, 3.8) is 0 Å². The van der Waals surface area contributed by atoms with E-state index in [4.69, 9.17) is 10.6 Å². The lowest BCUT2D eigenvalue weighted by Crippen LogP contribution is -2.11. The summed E-state index contributed by atoms with van der Waals surface area (Å²) in [6, 6.07) is 15.7. The van der Waals surface area contributed by atoms with E-state index in [0.29, 0.717) is 16.7 Å². The molecule has 1 aromatic heterocycles. The molecule has 0 radical (unpaired) electrons. The predicted octanol–water partition coefficient (Wildman–Crippen LogP) is 3.72. The first-order chi connectivity index (χ1) is 11.2. The maximum Gasteiger partial charge on any atom is 0.210 e. The number of halogens is 1. The number of hydrogen-bond donors (Lipinski definition) is 1. The molecular weight excluding hydrogens is 376 g/mol. The molecule has 3 rings (SSSR count). The van der Waals surface area contributed by atoms with Gasteiger partial charge in [0.2, 0.25) is 5.16 Å². The van der Waals surface area contributed by atoms with Crippen LogP contribution in [-0.4, -0.2) is 22.0 Å². The van der Waals surface area contributed by atoms with Gasteiger partial charge in [-0.3, -0.25) is 0 Å². The number of ether oxygens (including phenoxy) is 1. The van der Waals surface area contributed by atoms with Crippen molar-refractivity contribution in [1.29, 1.82) is 0 Å². The molecule has 0 bridgehead atoms. The summed E-state index contributed by atoms with van der Waals surface area (Å²) in [5.41, 5.74) is 2.00. The van der Waals surface area contributed by atoms with Gasteiger partial charge >= 0.3 is 0 Å². The monoisotopic (exact) mass is 390 g/mol. The van der Waals surface area contributed by atoms with Gasteiger partial charge in [-0.25, -0.2) is 4.68 Å². The predicted molar refractivity (Wildman–Crippen MR) is 95.9 cm³/mol. The molecule has 0 aliphatic rings. The van der Waals surface area contributed by atoms with Crippen molar-refractivity contribution in [3.8, 4) is 17.1 Å². The van der Waals surface area contributed by atoms with E-state index in [1.807, 2.05) is 48.5 Å². The maximum absolute atomic E-state index is 6.16. The fraction of sp³-hybridized carbons (Fsp3) is 0.125. The Kier molecular flexibility index (Phi) is 4.88. The summed E-state index contributed by atoms with van der Waals surface area (Å²) in [4.78, 5) is 0. The Bertz CT molecular complexity index is 821. The van der Waals surface area contributed by atoms with Crippen molar-refractivity contribution in [2.24, 2.45) is 0 Å². The minimum atomic E-state index is 0.625. The summed E-state index contributed by atoms with van der Waals surface area (Å²) in [6.45, 7) is 0. The lowest BCUT2D eigenvalue weighted by Gasteiger charge is -2.08. The molecule has 0 atom stereocenters. The van der Waals surface area contributed by atoms with Crippen LogP contribution in [0.15, 0.2) is 58.2 Å². The molecule has 3 aromatic rings. The highest BCUT2D eigenvalue weighted by molar-refractivity contribution is 9.10. The van der Waals surface area contributed by atoms with Crippen LogP contribution in [0.3, 0.4) is 0 Å². The van der Waals surface area contributed by atoms with Crippen molar-refractivity contribution < 1.29 is 4.74 Å². The first-order valence-electron chi connectivity index (χ1n) is 6.91. The van der Waals surface area contributed by atoms with E-state index in [-0.39, 0.29) is 0 Å². The van der Waals surface area contributed by atoms with Crippen molar-refractivity contribution in [2.75, 3.05) is 13.0 Å². The summed E-state index contributed by atoms with van der Waals surface area (Å²) in [5.74, 6) is 8.34. The average Bonchev–Trinajstić information content (AvgIpc) is 2.94. The molecular formula is C16H15BrN4OS. The molecule has 7 heteroatoms. The van der Waals surface area contributed by atoms with E-state index >= 15 is 0 Å². The third kappa shape index (κ3) is 3.35. The number of methoxy groups -OCH3 is 1.